The van der Waals surface area contributed by atoms with Crippen LogP contribution in [0.5, 0.6) is 0 Å². The van der Waals surface area contributed by atoms with Crippen LogP contribution in [0.4, 0.5) is 0 Å². The Morgan fingerprint density at radius 1 is 1.40 bits per heavy atom. The van der Waals surface area contributed by atoms with E-state index in [-0.39, 0.29) is 11.1 Å². The van der Waals surface area contributed by atoms with E-state index >= 15 is 0 Å². The fraction of sp³-hybridized carbons (Fsp3) is 0.667. The molecule has 0 aliphatic carbocycles. The molecule has 20 heavy (non-hydrogen) atoms. The Morgan fingerprint density at radius 3 is 2.65 bits per heavy atom. The maximum atomic E-state index is 12.6. The second-order valence-electron chi connectivity index (χ2n) is 5.87. The van der Waals surface area contributed by atoms with Crippen molar-refractivity contribution in [1.82, 2.24) is 10.2 Å². The van der Waals surface area contributed by atoms with Crippen LogP contribution < -0.4 is 5.32 Å². The number of piperidine rings is 1. The zero-order valence-electron chi connectivity index (χ0n) is 11.8. The topological polar surface area (TPSA) is 45.5 Å². The van der Waals surface area contributed by atoms with Gasteiger partial charge in [-0.15, -0.1) is 0 Å². The van der Waals surface area contributed by atoms with Crippen LogP contribution >= 0.6 is 11.6 Å². The third-order valence-corrected chi connectivity index (χ3v) is 4.60. The van der Waals surface area contributed by atoms with Gasteiger partial charge in [0.05, 0.1) is 0 Å². The average molecular weight is 297 g/mol. The molecule has 0 radical (unpaired) electrons. The van der Waals surface area contributed by atoms with Gasteiger partial charge in [-0.05, 0) is 55.8 Å². The molecule has 1 N–H and O–H groups in total. The SMILES string of the molecule is CCCN(C(=O)c1ccc(Cl)o1)C1CC2CCC(C1)N2. The molecule has 110 valence electrons. The first kappa shape index (κ1) is 14.0. The van der Waals surface area contributed by atoms with Gasteiger partial charge in [0, 0.05) is 24.7 Å². The molecule has 2 aliphatic rings. The van der Waals surface area contributed by atoms with Crippen molar-refractivity contribution >= 4 is 17.5 Å². The molecule has 2 saturated heterocycles. The van der Waals surface area contributed by atoms with Crippen molar-refractivity contribution in [3.05, 3.63) is 23.1 Å². The number of amides is 1. The molecule has 3 rings (SSSR count). The Hall–Kier alpha value is -1.00. The number of carbonyl (C=O) groups excluding carboxylic acids is 1. The zero-order valence-corrected chi connectivity index (χ0v) is 12.5. The molecule has 0 aromatic carbocycles. The Bertz CT molecular complexity index is 476. The van der Waals surface area contributed by atoms with Crippen molar-refractivity contribution in [1.29, 1.82) is 0 Å². The summed E-state index contributed by atoms with van der Waals surface area (Å²) in [7, 11) is 0. The molecule has 1 aromatic rings. The average Bonchev–Trinajstić information content (AvgIpc) is 3.01. The van der Waals surface area contributed by atoms with Crippen molar-refractivity contribution in [2.45, 2.75) is 57.2 Å². The van der Waals surface area contributed by atoms with Gasteiger partial charge in [0.15, 0.2) is 11.0 Å². The van der Waals surface area contributed by atoms with E-state index in [1.54, 1.807) is 12.1 Å². The van der Waals surface area contributed by atoms with E-state index in [1.165, 1.54) is 12.8 Å². The van der Waals surface area contributed by atoms with E-state index in [0.29, 0.717) is 23.9 Å². The third kappa shape index (κ3) is 2.72. The summed E-state index contributed by atoms with van der Waals surface area (Å²) in [5, 5.41) is 3.89. The van der Waals surface area contributed by atoms with E-state index in [4.69, 9.17) is 16.0 Å². The number of nitrogens with zero attached hydrogens (tertiary/aromatic N) is 1. The van der Waals surface area contributed by atoms with Crippen molar-refractivity contribution in [3.63, 3.8) is 0 Å². The van der Waals surface area contributed by atoms with Crippen molar-refractivity contribution in [2.24, 2.45) is 0 Å². The lowest BCUT2D eigenvalue weighted by atomic mass is 9.97. The molecule has 2 fully saturated rings. The van der Waals surface area contributed by atoms with E-state index < -0.39 is 0 Å². The number of furan rings is 1. The second-order valence-corrected chi connectivity index (χ2v) is 6.24. The highest BCUT2D eigenvalue weighted by atomic mass is 35.5. The number of hydrogen-bond donors (Lipinski definition) is 1. The van der Waals surface area contributed by atoms with Crippen LogP contribution in [-0.2, 0) is 0 Å². The molecule has 2 bridgehead atoms. The Morgan fingerprint density at radius 2 is 2.10 bits per heavy atom. The summed E-state index contributed by atoms with van der Waals surface area (Å²) in [6.45, 7) is 2.88. The molecule has 2 atom stereocenters. The fourth-order valence-corrected chi connectivity index (χ4v) is 3.69. The summed E-state index contributed by atoms with van der Waals surface area (Å²) in [6.07, 6.45) is 5.54. The van der Waals surface area contributed by atoms with Gasteiger partial charge in [-0.2, -0.15) is 0 Å². The van der Waals surface area contributed by atoms with Gasteiger partial charge < -0.3 is 14.6 Å². The Balaban J connectivity index is 1.76. The molecule has 1 amide bonds. The monoisotopic (exact) mass is 296 g/mol. The minimum absolute atomic E-state index is 0.0231. The molecule has 0 spiro atoms. The lowest BCUT2D eigenvalue weighted by Crippen LogP contribution is -2.50. The first-order valence-electron chi connectivity index (χ1n) is 7.49. The first-order chi connectivity index (χ1) is 9.67. The highest BCUT2D eigenvalue weighted by Crippen LogP contribution is 2.31. The van der Waals surface area contributed by atoms with Crippen LogP contribution in [0.15, 0.2) is 16.5 Å². The fourth-order valence-electron chi connectivity index (χ4n) is 3.54. The quantitative estimate of drug-likeness (QED) is 0.929. The van der Waals surface area contributed by atoms with E-state index in [9.17, 15) is 4.79 Å². The molecule has 2 unspecified atom stereocenters. The van der Waals surface area contributed by atoms with Crippen LogP contribution in [-0.4, -0.2) is 35.5 Å². The van der Waals surface area contributed by atoms with Gasteiger partial charge in [0.2, 0.25) is 0 Å². The molecule has 4 nitrogen and oxygen atoms in total. The molecule has 5 heteroatoms. The molecule has 3 heterocycles. The van der Waals surface area contributed by atoms with Gasteiger partial charge in [-0.25, -0.2) is 0 Å². The summed E-state index contributed by atoms with van der Waals surface area (Å²) >= 11 is 5.78. The standard InChI is InChI=1S/C15H21ClN2O2/c1-2-7-18(15(19)13-5-6-14(16)20-13)12-8-10-3-4-11(9-12)17-10/h5-6,10-12,17H,2-4,7-9H2,1H3. The molecular formula is C15H21ClN2O2. The number of carbonyl (C=O) groups is 1. The van der Waals surface area contributed by atoms with Gasteiger partial charge in [-0.1, -0.05) is 6.92 Å². The molecular weight excluding hydrogens is 276 g/mol. The predicted molar refractivity (Wildman–Crippen MR) is 78.0 cm³/mol. The van der Waals surface area contributed by atoms with E-state index in [0.717, 1.165) is 25.8 Å². The predicted octanol–water partition coefficient (Wildman–Crippen LogP) is 3.07. The van der Waals surface area contributed by atoms with Crippen LogP contribution in [0.25, 0.3) is 0 Å². The molecule has 2 aliphatic heterocycles. The highest BCUT2D eigenvalue weighted by molar-refractivity contribution is 6.29. The van der Waals surface area contributed by atoms with Gasteiger partial charge in [-0.3, -0.25) is 4.79 Å². The Labute approximate surface area is 124 Å². The molecule has 0 saturated carbocycles. The van der Waals surface area contributed by atoms with E-state index in [1.807, 2.05) is 4.90 Å². The second kappa shape index (κ2) is 5.78. The van der Waals surface area contributed by atoms with Crippen molar-refractivity contribution < 1.29 is 9.21 Å². The van der Waals surface area contributed by atoms with Crippen LogP contribution in [0, 0.1) is 0 Å². The van der Waals surface area contributed by atoms with Crippen LogP contribution in [0.3, 0.4) is 0 Å². The van der Waals surface area contributed by atoms with Gasteiger partial charge >= 0.3 is 0 Å². The summed E-state index contributed by atoms with van der Waals surface area (Å²) in [5.74, 6) is 0.333. The van der Waals surface area contributed by atoms with Crippen LogP contribution in [0.2, 0.25) is 5.22 Å². The summed E-state index contributed by atoms with van der Waals surface area (Å²) in [4.78, 5) is 14.6. The number of hydrogen-bond acceptors (Lipinski definition) is 3. The number of nitrogens with one attached hydrogen (secondary N) is 1. The lowest BCUT2D eigenvalue weighted by molar-refractivity contribution is 0.0584. The number of rotatable bonds is 4. The smallest absolute Gasteiger partial charge is 0.289 e. The third-order valence-electron chi connectivity index (χ3n) is 4.40. The number of fused-ring (bicyclic) bond motifs is 2. The highest BCUT2D eigenvalue weighted by Gasteiger charge is 2.38. The van der Waals surface area contributed by atoms with Crippen LogP contribution in [0.1, 0.15) is 49.6 Å². The van der Waals surface area contributed by atoms with Crippen molar-refractivity contribution in [2.75, 3.05) is 6.54 Å². The largest absolute Gasteiger partial charge is 0.440 e. The van der Waals surface area contributed by atoms with Crippen molar-refractivity contribution in [3.8, 4) is 0 Å². The minimum Gasteiger partial charge on any atom is -0.440 e. The number of halogens is 1. The Kier molecular flexibility index (Phi) is 4.03. The normalized spacial score (nSPS) is 28.6. The summed E-state index contributed by atoms with van der Waals surface area (Å²) in [5.41, 5.74) is 0. The van der Waals surface area contributed by atoms with E-state index in [2.05, 4.69) is 12.2 Å². The van der Waals surface area contributed by atoms with Gasteiger partial charge in [0.25, 0.3) is 5.91 Å². The minimum atomic E-state index is -0.0231. The lowest BCUT2D eigenvalue weighted by Gasteiger charge is -2.37. The summed E-state index contributed by atoms with van der Waals surface area (Å²) in [6, 6.07) is 4.77. The van der Waals surface area contributed by atoms with Gasteiger partial charge in [0.1, 0.15) is 0 Å². The summed E-state index contributed by atoms with van der Waals surface area (Å²) < 4.78 is 5.29. The first-order valence-corrected chi connectivity index (χ1v) is 7.87. The zero-order chi connectivity index (χ0) is 14.1. The maximum Gasteiger partial charge on any atom is 0.289 e. The molecule has 1 aromatic heterocycles. The maximum absolute atomic E-state index is 12.6.